The summed E-state index contributed by atoms with van der Waals surface area (Å²) in [6, 6.07) is 3.68. The molecule has 0 saturated heterocycles. The summed E-state index contributed by atoms with van der Waals surface area (Å²) in [4.78, 5) is 0. The van der Waals surface area contributed by atoms with Crippen LogP contribution in [0.1, 0.15) is 30.4 Å². The Bertz CT molecular complexity index is 644. The zero-order valence-electron chi connectivity index (χ0n) is 11.5. The van der Waals surface area contributed by atoms with Crippen molar-refractivity contribution in [2.45, 2.75) is 32.1 Å². The fraction of sp³-hybridized carbons (Fsp3) is 0.400. The number of fused-ring (bicyclic) bond motifs is 1. The predicted octanol–water partition coefficient (Wildman–Crippen LogP) is 3.30. The van der Waals surface area contributed by atoms with Crippen molar-refractivity contribution >= 4 is 17.4 Å². The second kappa shape index (κ2) is 5.02. The molecule has 0 unspecified atom stereocenters. The Hall–Kier alpha value is -1.68. The third-order valence-corrected chi connectivity index (χ3v) is 4.29. The van der Waals surface area contributed by atoms with E-state index < -0.39 is 0 Å². The molecule has 0 fully saturated rings. The number of phenolic OH excluding ortho intramolecular Hbond substituents is 1. The maximum absolute atomic E-state index is 10.4. The van der Waals surface area contributed by atoms with Crippen LogP contribution in [0.2, 0.25) is 5.02 Å². The van der Waals surface area contributed by atoms with Gasteiger partial charge in [0.1, 0.15) is 11.6 Å². The molecule has 0 bridgehead atoms. The van der Waals surface area contributed by atoms with Crippen LogP contribution < -0.4 is 5.73 Å². The van der Waals surface area contributed by atoms with Gasteiger partial charge in [-0.1, -0.05) is 18.0 Å². The average Bonchev–Trinajstić information content (AvgIpc) is 2.62. The fourth-order valence-electron chi connectivity index (χ4n) is 2.91. The summed E-state index contributed by atoms with van der Waals surface area (Å²) in [6.07, 6.45) is 5.45. The van der Waals surface area contributed by atoms with Gasteiger partial charge < -0.3 is 10.8 Å². The molecule has 1 aliphatic rings. The second-order valence-electron chi connectivity index (χ2n) is 5.36. The van der Waals surface area contributed by atoms with Crippen molar-refractivity contribution in [3.63, 3.8) is 0 Å². The first kappa shape index (κ1) is 13.3. The zero-order valence-corrected chi connectivity index (χ0v) is 12.2. The molecular formula is C15H18ClN3O. The summed E-state index contributed by atoms with van der Waals surface area (Å²) >= 11 is 6.18. The van der Waals surface area contributed by atoms with E-state index in [0.29, 0.717) is 16.5 Å². The molecule has 4 nitrogen and oxygen atoms in total. The molecular weight excluding hydrogens is 274 g/mol. The van der Waals surface area contributed by atoms with Crippen LogP contribution in [-0.4, -0.2) is 14.9 Å². The van der Waals surface area contributed by atoms with Crippen molar-refractivity contribution in [3.8, 4) is 17.0 Å². The minimum atomic E-state index is 0.116. The summed E-state index contributed by atoms with van der Waals surface area (Å²) < 4.78 is 1.61. The van der Waals surface area contributed by atoms with Crippen LogP contribution in [0.5, 0.6) is 5.75 Å². The van der Waals surface area contributed by atoms with E-state index in [4.69, 9.17) is 17.3 Å². The molecule has 3 rings (SSSR count). The number of benzene rings is 1. The molecule has 0 spiro atoms. The van der Waals surface area contributed by atoms with Crippen LogP contribution in [0.25, 0.3) is 11.3 Å². The molecule has 0 amide bonds. The van der Waals surface area contributed by atoms with E-state index in [1.807, 2.05) is 6.07 Å². The molecule has 1 aromatic carbocycles. The van der Waals surface area contributed by atoms with Gasteiger partial charge in [0, 0.05) is 18.7 Å². The van der Waals surface area contributed by atoms with Crippen LogP contribution >= 0.6 is 11.6 Å². The number of nitrogen functional groups attached to an aromatic ring is 1. The number of anilines is 1. The summed E-state index contributed by atoms with van der Waals surface area (Å²) in [5.74, 6) is 0.687. The summed E-state index contributed by atoms with van der Waals surface area (Å²) in [5.41, 5.74) is 9.70. The van der Waals surface area contributed by atoms with Crippen LogP contribution in [0, 0.1) is 0 Å². The molecule has 0 radical (unpaired) electrons. The minimum Gasteiger partial charge on any atom is -0.506 e. The Morgan fingerprint density at radius 1 is 1.25 bits per heavy atom. The highest BCUT2D eigenvalue weighted by Gasteiger charge is 2.21. The molecule has 2 aromatic rings. The van der Waals surface area contributed by atoms with Crippen molar-refractivity contribution in [2.75, 3.05) is 5.73 Å². The van der Waals surface area contributed by atoms with Gasteiger partial charge in [-0.05, 0) is 42.9 Å². The van der Waals surface area contributed by atoms with Crippen molar-refractivity contribution in [3.05, 3.63) is 28.3 Å². The third-order valence-electron chi connectivity index (χ3n) is 4.00. The Balaban J connectivity index is 2.25. The number of aromatic hydroxyl groups is 1. The lowest BCUT2D eigenvalue weighted by molar-refractivity contribution is 0.476. The summed E-state index contributed by atoms with van der Waals surface area (Å²) in [7, 11) is 1.79. The quantitative estimate of drug-likeness (QED) is 0.792. The molecule has 1 aliphatic carbocycles. The molecule has 3 N–H and O–H groups in total. The smallest absolute Gasteiger partial charge is 0.143 e. The Morgan fingerprint density at radius 2 is 2.00 bits per heavy atom. The van der Waals surface area contributed by atoms with Crippen LogP contribution in [-0.2, 0) is 19.9 Å². The van der Waals surface area contributed by atoms with Gasteiger partial charge in [0.2, 0.25) is 0 Å². The lowest BCUT2D eigenvalue weighted by atomic mass is 9.94. The third kappa shape index (κ3) is 2.14. The van der Waals surface area contributed by atoms with E-state index >= 15 is 0 Å². The van der Waals surface area contributed by atoms with Gasteiger partial charge in [0.25, 0.3) is 0 Å². The van der Waals surface area contributed by atoms with E-state index in [1.54, 1.807) is 17.8 Å². The Labute approximate surface area is 123 Å². The van der Waals surface area contributed by atoms with Crippen LogP contribution in [0.4, 0.5) is 5.82 Å². The standard InChI is InChI=1S/C15H18ClN3O/c1-19-13(17)8-12(18-19)14-10-6-4-2-3-5-9(10)7-11(16)15(14)20/h7-8,20H,2-6,17H2,1H3. The molecule has 1 heterocycles. The topological polar surface area (TPSA) is 64.1 Å². The van der Waals surface area contributed by atoms with Gasteiger partial charge in [-0.15, -0.1) is 0 Å². The molecule has 106 valence electrons. The minimum absolute atomic E-state index is 0.116. The Kier molecular flexibility index (Phi) is 3.34. The van der Waals surface area contributed by atoms with Crippen molar-refractivity contribution in [1.82, 2.24) is 9.78 Å². The van der Waals surface area contributed by atoms with Gasteiger partial charge in [-0.3, -0.25) is 4.68 Å². The largest absolute Gasteiger partial charge is 0.506 e. The summed E-state index contributed by atoms with van der Waals surface area (Å²) in [5, 5.41) is 15.2. The number of nitrogens with two attached hydrogens (primary N) is 1. The van der Waals surface area contributed by atoms with E-state index in [1.165, 1.54) is 17.5 Å². The number of phenols is 1. The van der Waals surface area contributed by atoms with Gasteiger partial charge in [-0.2, -0.15) is 5.10 Å². The highest BCUT2D eigenvalue weighted by Crippen LogP contribution is 2.42. The molecule has 5 heteroatoms. The number of hydrogen-bond donors (Lipinski definition) is 2. The molecule has 0 aliphatic heterocycles. The van der Waals surface area contributed by atoms with Gasteiger partial charge in [0.05, 0.1) is 10.7 Å². The van der Waals surface area contributed by atoms with Gasteiger partial charge in [-0.25, -0.2) is 0 Å². The van der Waals surface area contributed by atoms with E-state index in [2.05, 4.69) is 5.10 Å². The number of aromatic nitrogens is 2. The van der Waals surface area contributed by atoms with Crippen molar-refractivity contribution < 1.29 is 5.11 Å². The van der Waals surface area contributed by atoms with Gasteiger partial charge >= 0.3 is 0 Å². The number of rotatable bonds is 1. The molecule has 0 atom stereocenters. The highest BCUT2D eigenvalue weighted by molar-refractivity contribution is 6.32. The van der Waals surface area contributed by atoms with E-state index in [-0.39, 0.29) is 5.75 Å². The van der Waals surface area contributed by atoms with Crippen LogP contribution in [0.15, 0.2) is 12.1 Å². The first-order valence-corrected chi connectivity index (χ1v) is 7.29. The summed E-state index contributed by atoms with van der Waals surface area (Å²) in [6.45, 7) is 0. The highest BCUT2D eigenvalue weighted by atomic mass is 35.5. The fourth-order valence-corrected chi connectivity index (χ4v) is 3.14. The first-order valence-electron chi connectivity index (χ1n) is 6.91. The van der Waals surface area contributed by atoms with Crippen molar-refractivity contribution in [1.29, 1.82) is 0 Å². The predicted molar refractivity (Wildman–Crippen MR) is 81.0 cm³/mol. The molecule has 0 saturated carbocycles. The van der Waals surface area contributed by atoms with Crippen molar-refractivity contribution in [2.24, 2.45) is 7.05 Å². The second-order valence-corrected chi connectivity index (χ2v) is 5.77. The SMILES string of the molecule is Cn1nc(-c2c(O)c(Cl)cc3c2CCCCC3)cc1N. The number of hydrogen-bond acceptors (Lipinski definition) is 3. The molecule has 20 heavy (non-hydrogen) atoms. The number of aryl methyl sites for hydroxylation is 2. The lowest BCUT2D eigenvalue weighted by Crippen LogP contribution is -1.99. The average molecular weight is 292 g/mol. The number of halogens is 1. The maximum atomic E-state index is 10.4. The zero-order chi connectivity index (χ0) is 14.3. The molecule has 1 aromatic heterocycles. The monoisotopic (exact) mass is 291 g/mol. The lowest BCUT2D eigenvalue weighted by Gasteiger charge is -2.14. The Morgan fingerprint density at radius 3 is 2.70 bits per heavy atom. The van der Waals surface area contributed by atoms with E-state index in [0.717, 1.165) is 31.2 Å². The van der Waals surface area contributed by atoms with Crippen LogP contribution in [0.3, 0.4) is 0 Å². The van der Waals surface area contributed by atoms with E-state index in [9.17, 15) is 5.11 Å². The maximum Gasteiger partial charge on any atom is 0.143 e. The number of nitrogens with zero attached hydrogens (tertiary/aromatic N) is 2. The normalized spacial score (nSPS) is 14.9. The first-order chi connectivity index (χ1) is 9.58. The van der Waals surface area contributed by atoms with Gasteiger partial charge in [0.15, 0.2) is 0 Å².